The van der Waals surface area contributed by atoms with Crippen LogP contribution in [0, 0.1) is 0 Å². The van der Waals surface area contributed by atoms with Crippen LogP contribution < -0.4 is 4.18 Å². The third-order valence-electron chi connectivity index (χ3n) is 9.76. The summed E-state index contributed by atoms with van der Waals surface area (Å²) < 4.78 is 152. The van der Waals surface area contributed by atoms with Gasteiger partial charge in [0.25, 0.3) is 10.1 Å². The van der Waals surface area contributed by atoms with Crippen molar-refractivity contribution in [2.24, 2.45) is 0 Å². The molecule has 0 amide bonds. The van der Waals surface area contributed by atoms with Crippen molar-refractivity contribution in [3.05, 3.63) is 52.1 Å². The first-order chi connectivity index (χ1) is 21.5. The molecule has 0 aliphatic heterocycles. The number of hydrogen-bond acceptors (Lipinski definition) is 5. The van der Waals surface area contributed by atoms with Gasteiger partial charge in [0.2, 0.25) is 0 Å². The summed E-state index contributed by atoms with van der Waals surface area (Å²) >= 11 is 0. The molecule has 0 atom stereocenters. The second kappa shape index (κ2) is 13.3. The van der Waals surface area contributed by atoms with Crippen LogP contribution in [0.5, 0.6) is 5.75 Å². The van der Waals surface area contributed by atoms with Crippen molar-refractivity contribution < 1.29 is 51.9 Å². The van der Waals surface area contributed by atoms with E-state index in [1.165, 1.54) is 0 Å². The molecule has 14 heteroatoms. The molecule has 2 aromatic carbocycles. The van der Waals surface area contributed by atoms with Crippen LogP contribution in [0.15, 0.2) is 34.1 Å². The highest BCUT2D eigenvalue weighted by atomic mass is 32.2. The second-order valence-corrected chi connectivity index (χ2v) is 15.7. The molecule has 3 aliphatic rings. The van der Waals surface area contributed by atoms with E-state index in [1.54, 1.807) is 0 Å². The molecule has 3 saturated carbocycles. The molecular formula is C32H38F6O6S2. The van der Waals surface area contributed by atoms with Crippen molar-refractivity contribution in [1.82, 2.24) is 0 Å². The number of benzene rings is 2. The maximum absolute atomic E-state index is 14.3. The highest BCUT2D eigenvalue weighted by Gasteiger charge is 2.50. The molecule has 1 N–H and O–H groups in total. The number of hydrogen-bond donors (Lipinski definition) is 1. The minimum atomic E-state index is -5.94. The van der Waals surface area contributed by atoms with E-state index in [0.29, 0.717) is 36.8 Å². The van der Waals surface area contributed by atoms with Crippen LogP contribution in [-0.4, -0.2) is 21.4 Å². The van der Waals surface area contributed by atoms with E-state index in [1.807, 2.05) is 12.1 Å². The van der Waals surface area contributed by atoms with Crippen LogP contribution in [0.2, 0.25) is 0 Å². The maximum Gasteiger partial charge on any atom is 0.420 e. The zero-order chi connectivity index (χ0) is 33.5. The molecule has 46 heavy (non-hydrogen) atoms. The standard InChI is InChI=1S/C32H38F6O6S2/c33-31(34,35)28-26(16-17-27(45(39,40)41)29(28)32(36,37)38)44-46(42,43)30-24(21-12-6-2-7-13-21)18-23(20-10-4-1-5-11-20)19-25(30)22-14-8-3-9-15-22/h16-22H,1-15H2,(H,39,40,41). The highest BCUT2D eigenvalue weighted by Crippen LogP contribution is 2.50. The molecular weight excluding hydrogens is 658 g/mol. The summed E-state index contributed by atoms with van der Waals surface area (Å²) in [5, 5.41) is 0. The zero-order valence-electron chi connectivity index (χ0n) is 25.2. The summed E-state index contributed by atoms with van der Waals surface area (Å²) in [5.74, 6) is -1.99. The lowest BCUT2D eigenvalue weighted by Crippen LogP contribution is -2.25. The molecule has 0 unspecified atom stereocenters. The second-order valence-electron chi connectivity index (χ2n) is 12.9. The minimum absolute atomic E-state index is 0.0779. The van der Waals surface area contributed by atoms with Gasteiger partial charge < -0.3 is 4.18 Å². The Bertz CT molecular complexity index is 1590. The lowest BCUT2D eigenvalue weighted by molar-refractivity contribution is -0.164. The lowest BCUT2D eigenvalue weighted by Gasteiger charge is -2.32. The molecule has 3 fully saturated rings. The SMILES string of the molecule is O=S(=O)(O)c1ccc(OS(=O)(=O)c2c(C3CCCCC3)cc(C3CCCCC3)cc2C2CCCCC2)c(C(F)(F)F)c1C(F)(F)F. The van der Waals surface area contributed by atoms with Gasteiger partial charge in [0.15, 0.2) is 5.75 Å². The van der Waals surface area contributed by atoms with Gasteiger partial charge >= 0.3 is 22.5 Å². The Morgan fingerprint density at radius 1 is 0.609 bits per heavy atom. The van der Waals surface area contributed by atoms with Crippen LogP contribution in [0.4, 0.5) is 26.3 Å². The van der Waals surface area contributed by atoms with Crippen LogP contribution in [0.1, 0.15) is 142 Å². The van der Waals surface area contributed by atoms with E-state index in [4.69, 9.17) is 4.18 Å². The largest absolute Gasteiger partial charge is 0.420 e. The van der Waals surface area contributed by atoms with Gasteiger partial charge in [0, 0.05) is 0 Å². The van der Waals surface area contributed by atoms with Crippen molar-refractivity contribution >= 4 is 20.2 Å². The molecule has 256 valence electrons. The number of halogens is 6. The third kappa shape index (κ3) is 7.53. The Morgan fingerprint density at radius 3 is 1.41 bits per heavy atom. The van der Waals surface area contributed by atoms with Gasteiger partial charge in [0.05, 0.1) is 5.56 Å². The van der Waals surface area contributed by atoms with Crippen molar-refractivity contribution in [2.45, 2.75) is 136 Å². The molecule has 6 nitrogen and oxygen atoms in total. The van der Waals surface area contributed by atoms with E-state index in [0.717, 1.165) is 76.2 Å². The average Bonchev–Trinajstić information content (AvgIpc) is 3.00. The molecule has 0 radical (unpaired) electrons. The Morgan fingerprint density at radius 2 is 1.02 bits per heavy atom. The monoisotopic (exact) mass is 696 g/mol. The van der Waals surface area contributed by atoms with E-state index in [-0.39, 0.29) is 34.8 Å². The summed E-state index contributed by atoms with van der Waals surface area (Å²) in [5.41, 5.74) is -3.54. The van der Waals surface area contributed by atoms with Gasteiger partial charge in [-0.1, -0.05) is 69.9 Å². The Kier molecular flexibility index (Phi) is 10.1. The summed E-state index contributed by atoms with van der Waals surface area (Å²) in [6, 6.07) is 3.95. The zero-order valence-corrected chi connectivity index (χ0v) is 26.9. The smallest absolute Gasteiger partial charge is 0.378 e. The van der Waals surface area contributed by atoms with Crippen molar-refractivity contribution in [3.63, 3.8) is 0 Å². The molecule has 0 spiro atoms. The Labute approximate surface area is 265 Å². The van der Waals surface area contributed by atoms with E-state index in [9.17, 15) is 47.7 Å². The quantitative estimate of drug-likeness (QED) is 0.176. The normalized spacial score (nSPS) is 20.2. The molecule has 3 aliphatic carbocycles. The first-order valence-corrected chi connectivity index (χ1v) is 18.7. The topological polar surface area (TPSA) is 97.7 Å². The molecule has 0 saturated heterocycles. The fraction of sp³-hybridized carbons (Fsp3) is 0.625. The first-order valence-electron chi connectivity index (χ1n) is 15.9. The minimum Gasteiger partial charge on any atom is -0.378 e. The van der Waals surface area contributed by atoms with Gasteiger partial charge in [-0.2, -0.15) is 43.2 Å². The molecule has 5 rings (SSSR count). The summed E-state index contributed by atoms with van der Waals surface area (Å²) in [7, 11) is -11.0. The summed E-state index contributed by atoms with van der Waals surface area (Å²) in [6.45, 7) is 0. The van der Waals surface area contributed by atoms with E-state index >= 15 is 0 Å². The number of rotatable bonds is 7. The van der Waals surface area contributed by atoms with Crippen LogP contribution in [0.25, 0.3) is 0 Å². The maximum atomic E-state index is 14.3. The summed E-state index contributed by atoms with van der Waals surface area (Å²) in [4.78, 5) is -2.34. The van der Waals surface area contributed by atoms with Crippen LogP contribution in [0.3, 0.4) is 0 Å². The van der Waals surface area contributed by atoms with Crippen molar-refractivity contribution in [3.8, 4) is 5.75 Å². The molecule has 0 aromatic heterocycles. The van der Waals surface area contributed by atoms with Crippen molar-refractivity contribution in [1.29, 1.82) is 0 Å². The Hall–Kier alpha value is -2.32. The molecule has 2 aromatic rings. The number of alkyl halides is 6. The average molecular weight is 697 g/mol. The van der Waals surface area contributed by atoms with Crippen LogP contribution in [-0.2, 0) is 32.6 Å². The van der Waals surface area contributed by atoms with Gasteiger partial charge in [-0.15, -0.1) is 0 Å². The van der Waals surface area contributed by atoms with E-state index < -0.39 is 54.4 Å². The van der Waals surface area contributed by atoms with E-state index in [2.05, 4.69) is 0 Å². The fourth-order valence-corrected chi connectivity index (χ4v) is 9.87. The predicted octanol–water partition coefficient (Wildman–Crippen LogP) is 9.88. The predicted molar refractivity (Wildman–Crippen MR) is 158 cm³/mol. The van der Waals surface area contributed by atoms with Crippen molar-refractivity contribution in [2.75, 3.05) is 0 Å². The third-order valence-corrected chi connectivity index (χ3v) is 12.0. The molecule has 0 bridgehead atoms. The molecule has 0 heterocycles. The van der Waals surface area contributed by atoms with Crippen LogP contribution >= 0.6 is 0 Å². The van der Waals surface area contributed by atoms with Gasteiger partial charge in [-0.25, -0.2) is 0 Å². The van der Waals surface area contributed by atoms with Gasteiger partial charge in [0.1, 0.15) is 15.4 Å². The van der Waals surface area contributed by atoms with Gasteiger partial charge in [-0.3, -0.25) is 4.55 Å². The highest BCUT2D eigenvalue weighted by molar-refractivity contribution is 7.87. The van der Waals surface area contributed by atoms with Gasteiger partial charge in [-0.05, 0) is 85.1 Å². The Balaban J connectivity index is 1.75. The fourth-order valence-electron chi connectivity index (χ4n) is 7.66. The first kappa shape index (κ1) is 35.0. The lowest BCUT2D eigenvalue weighted by atomic mass is 9.76. The summed E-state index contributed by atoms with van der Waals surface area (Å²) in [6.07, 6.45) is 0.909.